The second kappa shape index (κ2) is 9.29. The third-order valence-corrected chi connectivity index (χ3v) is 6.17. The van der Waals surface area contributed by atoms with Gasteiger partial charge in [-0.25, -0.2) is 14.3 Å². The number of nitrogens with zero attached hydrogens (tertiary/aromatic N) is 3. The van der Waals surface area contributed by atoms with Crippen LogP contribution < -0.4 is 0 Å². The molecule has 29 heavy (non-hydrogen) atoms. The minimum Gasteiger partial charge on any atom is -0.461 e. The summed E-state index contributed by atoms with van der Waals surface area (Å²) in [6, 6.07) is 1.06. The standard InChI is InChI=1S/C20H35N3O5Si/c1-8-27-18(24)17-15-13-22(19(25)28-20(2,3)4)10-9-16(15)23(21-17)14-26-11-12-29(5,6)7/h8-14H2,1-7H3. The number of amides is 1. The molecule has 1 amide bonds. The Morgan fingerprint density at radius 3 is 2.48 bits per heavy atom. The lowest BCUT2D eigenvalue weighted by Gasteiger charge is -2.30. The summed E-state index contributed by atoms with van der Waals surface area (Å²) in [5.74, 6) is -0.476. The lowest BCUT2D eigenvalue weighted by atomic mass is 10.1. The molecule has 1 aliphatic heterocycles. The molecule has 1 aromatic rings. The van der Waals surface area contributed by atoms with Crippen LogP contribution in [0.4, 0.5) is 4.79 Å². The zero-order valence-corrected chi connectivity index (χ0v) is 19.8. The Labute approximate surface area is 174 Å². The third-order valence-electron chi connectivity index (χ3n) is 4.46. The normalized spacial score (nSPS) is 14.5. The fraction of sp³-hybridized carbons (Fsp3) is 0.750. The molecule has 1 aliphatic rings. The molecule has 1 aromatic heterocycles. The summed E-state index contributed by atoms with van der Waals surface area (Å²) in [4.78, 5) is 26.5. The first kappa shape index (κ1) is 23.4. The molecule has 9 heteroatoms. The number of fused-ring (bicyclic) bond motifs is 1. The predicted octanol–water partition coefficient (Wildman–Crippen LogP) is 3.67. The summed E-state index contributed by atoms with van der Waals surface area (Å²) in [6.45, 7) is 16.2. The molecule has 0 unspecified atom stereocenters. The Morgan fingerprint density at radius 2 is 1.90 bits per heavy atom. The van der Waals surface area contributed by atoms with Crippen LogP contribution in [0, 0.1) is 0 Å². The van der Waals surface area contributed by atoms with Crippen LogP contribution in [0.25, 0.3) is 0 Å². The number of rotatable bonds is 7. The number of esters is 1. The highest BCUT2D eigenvalue weighted by Gasteiger charge is 2.32. The number of ether oxygens (including phenoxy) is 3. The highest BCUT2D eigenvalue weighted by molar-refractivity contribution is 6.76. The molecule has 0 N–H and O–H groups in total. The van der Waals surface area contributed by atoms with Gasteiger partial charge in [-0.1, -0.05) is 19.6 Å². The first-order valence-electron chi connectivity index (χ1n) is 10.2. The topological polar surface area (TPSA) is 82.9 Å². The Balaban J connectivity index is 2.18. The summed E-state index contributed by atoms with van der Waals surface area (Å²) in [5, 5.41) is 4.46. The average molecular weight is 426 g/mol. The minimum atomic E-state index is -1.18. The molecular weight excluding hydrogens is 390 g/mol. The van der Waals surface area contributed by atoms with E-state index in [9.17, 15) is 9.59 Å². The van der Waals surface area contributed by atoms with Gasteiger partial charge in [-0.05, 0) is 33.7 Å². The van der Waals surface area contributed by atoms with Crippen molar-refractivity contribution in [2.75, 3.05) is 19.8 Å². The van der Waals surface area contributed by atoms with Crippen LogP contribution in [-0.2, 0) is 33.9 Å². The molecule has 2 rings (SSSR count). The Bertz CT molecular complexity index is 734. The maximum atomic E-state index is 12.5. The number of hydrogen-bond donors (Lipinski definition) is 0. The van der Waals surface area contributed by atoms with Gasteiger partial charge in [0.15, 0.2) is 5.69 Å². The molecule has 8 nitrogen and oxygen atoms in total. The van der Waals surface area contributed by atoms with Crippen molar-refractivity contribution in [2.24, 2.45) is 0 Å². The van der Waals surface area contributed by atoms with Gasteiger partial charge in [0, 0.05) is 38.9 Å². The smallest absolute Gasteiger partial charge is 0.410 e. The van der Waals surface area contributed by atoms with Crippen LogP contribution in [0.3, 0.4) is 0 Å². The molecule has 0 bridgehead atoms. The summed E-state index contributed by atoms with van der Waals surface area (Å²) in [5.41, 5.74) is 1.31. The molecule has 0 spiro atoms. The summed E-state index contributed by atoms with van der Waals surface area (Å²) >= 11 is 0. The number of carbonyl (C=O) groups excluding carboxylic acids is 2. The molecule has 0 aliphatic carbocycles. The van der Waals surface area contributed by atoms with E-state index in [-0.39, 0.29) is 18.8 Å². The van der Waals surface area contributed by atoms with Gasteiger partial charge in [-0.3, -0.25) is 0 Å². The van der Waals surface area contributed by atoms with Crippen LogP contribution in [-0.4, -0.2) is 60.2 Å². The van der Waals surface area contributed by atoms with Crippen molar-refractivity contribution >= 4 is 20.1 Å². The number of hydrogen-bond acceptors (Lipinski definition) is 6. The second-order valence-corrected chi connectivity index (χ2v) is 15.1. The van der Waals surface area contributed by atoms with Gasteiger partial charge < -0.3 is 19.1 Å². The van der Waals surface area contributed by atoms with E-state index in [1.54, 1.807) is 16.5 Å². The predicted molar refractivity (Wildman–Crippen MR) is 113 cm³/mol. The molecule has 0 atom stereocenters. The molecule has 0 aromatic carbocycles. The molecule has 0 saturated heterocycles. The third kappa shape index (κ3) is 6.85. The van der Waals surface area contributed by atoms with Crippen LogP contribution in [0.2, 0.25) is 25.7 Å². The lowest BCUT2D eigenvalue weighted by Crippen LogP contribution is -2.40. The molecule has 0 radical (unpaired) electrons. The van der Waals surface area contributed by atoms with E-state index < -0.39 is 25.7 Å². The van der Waals surface area contributed by atoms with Crippen LogP contribution in [0.15, 0.2) is 0 Å². The fourth-order valence-corrected chi connectivity index (χ4v) is 3.73. The quantitative estimate of drug-likeness (QED) is 0.377. The minimum absolute atomic E-state index is 0.254. The van der Waals surface area contributed by atoms with Crippen LogP contribution >= 0.6 is 0 Å². The second-order valence-electron chi connectivity index (χ2n) is 9.49. The van der Waals surface area contributed by atoms with Crippen LogP contribution in [0.1, 0.15) is 49.4 Å². The van der Waals surface area contributed by atoms with E-state index in [4.69, 9.17) is 14.2 Å². The molecule has 0 fully saturated rings. The van der Waals surface area contributed by atoms with E-state index >= 15 is 0 Å². The molecule has 2 heterocycles. The van der Waals surface area contributed by atoms with Gasteiger partial charge in [0.05, 0.1) is 13.2 Å². The van der Waals surface area contributed by atoms with Crippen molar-refractivity contribution in [3.05, 3.63) is 17.0 Å². The van der Waals surface area contributed by atoms with E-state index in [0.717, 1.165) is 11.7 Å². The Hall–Kier alpha value is -1.87. The highest BCUT2D eigenvalue weighted by Crippen LogP contribution is 2.25. The fourth-order valence-electron chi connectivity index (χ4n) is 2.97. The first-order valence-corrected chi connectivity index (χ1v) is 13.9. The molecular formula is C20H35N3O5Si. The van der Waals surface area contributed by atoms with Gasteiger partial charge >= 0.3 is 12.1 Å². The van der Waals surface area contributed by atoms with Crippen molar-refractivity contribution < 1.29 is 23.8 Å². The zero-order valence-electron chi connectivity index (χ0n) is 18.8. The summed E-state index contributed by atoms with van der Waals surface area (Å²) in [6.07, 6.45) is 0.190. The maximum Gasteiger partial charge on any atom is 0.410 e. The van der Waals surface area contributed by atoms with Crippen molar-refractivity contribution in [3.63, 3.8) is 0 Å². The number of aromatic nitrogens is 2. The summed E-state index contributed by atoms with van der Waals surface area (Å²) < 4.78 is 18.2. The van der Waals surface area contributed by atoms with E-state index in [0.29, 0.717) is 31.9 Å². The van der Waals surface area contributed by atoms with Crippen molar-refractivity contribution in [1.82, 2.24) is 14.7 Å². The summed E-state index contributed by atoms with van der Waals surface area (Å²) in [7, 11) is -1.18. The zero-order chi connectivity index (χ0) is 21.8. The van der Waals surface area contributed by atoms with Crippen molar-refractivity contribution in [3.8, 4) is 0 Å². The average Bonchev–Trinajstić information content (AvgIpc) is 2.94. The Kier molecular flexibility index (Phi) is 7.50. The van der Waals surface area contributed by atoms with Gasteiger partial charge in [-0.15, -0.1) is 0 Å². The Morgan fingerprint density at radius 1 is 1.21 bits per heavy atom. The van der Waals surface area contributed by atoms with E-state index in [1.165, 1.54) is 0 Å². The van der Waals surface area contributed by atoms with Crippen molar-refractivity contribution in [2.45, 2.75) is 78.7 Å². The van der Waals surface area contributed by atoms with Gasteiger partial charge in [0.2, 0.25) is 0 Å². The monoisotopic (exact) mass is 425 g/mol. The molecule has 0 saturated carbocycles. The van der Waals surface area contributed by atoms with Crippen LogP contribution in [0.5, 0.6) is 0 Å². The largest absolute Gasteiger partial charge is 0.461 e. The van der Waals surface area contributed by atoms with Gasteiger partial charge in [-0.2, -0.15) is 5.10 Å². The first-order chi connectivity index (χ1) is 13.4. The van der Waals surface area contributed by atoms with Gasteiger partial charge in [0.25, 0.3) is 0 Å². The SMILES string of the molecule is CCOC(=O)c1nn(COCC[Si](C)(C)C)c2c1CN(C(=O)OC(C)(C)C)CC2. The maximum absolute atomic E-state index is 12.5. The molecule has 164 valence electrons. The van der Waals surface area contributed by atoms with Gasteiger partial charge in [0.1, 0.15) is 12.3 Å². The van der Waals surface area contributed by atoms with E-state index in [2.05, 4.69) is 24.7 Å². The lowest BCUT2D eigenvalue weighted by molar-refractivity contribution is 0.0216. The van der Waals surface area contributed by atoms with E-state index in [1.807, 2.05) is 20.8 Å². The van der Waals surface area contributed by atoms with Crippen molar-refractivity contribution in [1.29, 1.82) is 0 Å². The number of carbonyl (C=O) groups is 2. The highest BCUT2D eigenvalue weighted by atomic mass is 28.3.